The van der Waals surface area contributed by atoms with E-state index < -0.39 is 7.26 Å². The molecule has 0 unspecified atom stereocenters. The van der Waals surface area contributed by atoms with Gasteiger partial charge in [0.05, 0.1) is 0 Å². The summed E-state index contributed by atoms with van der Waals surface area (Å²) in [4.78, 5) is 2.62. The number of nitrogens with zero attached hydrogens (tertiary/aromatic N) is 1. The Hall–Kier alpha value is -1.99. The maximum absolute atomic E-state index is 3.46. The monoisotopic (exact) mass is 404 g/mol. The number of piperazine rings is 1. The molecule has 0 bridgehead atoms. The van der Waals surface area contributed by atoms with Crippen molar-refractivity contribution in [2.75, 3.05) is 38.9 Å². The fourth-order valence-corrected chi connectivity index (χ4v) is 9.69. The van der Waals surface area contributed by atoms with Gasteiger partial charge < -0.3 is 0 Å². The van der Waals surface area contributed by atoms with Gasteiger partial charge in [-0.05, 0) is 0 Å². The zero-order valence-electron chi connectivity index (χ0n) is 17.3. The van der Waals surface area contributed by atoms with E-state index in [2.05, 4.69) is 101 Å². The van der Waals surface area contributed by atoms with Crippen molar-refractivity contribution >= 4 is 23.2 Å². The van der Waals surface area contributed by atoms with E-state index in [9.17, 15) is 0 Å². The summed E-state index contributed by atoms with van der Waals surface area (Å²) in [6, 6.07) is 33.9. The topological polar surface area (TPSA) is 15.3 Å². The van der Waals surface area contributed by atoms with Crippen LogP contribution in [0.15, 0.2) is 91.0 Å². The molecular formula is C26H33N2P. The van der Waals surface area contributed by atoms with Crippen molar-refractivity contribution in [3.8, 4) is 0 Å². The van der Waals surface area contributed by atoms with Gasteiger partial charge in [-0.1, -0.05) is 0 Å². The van der Waals surface area contributed by atoms with E-state index in [4.69, 9.17) is 0 Å². The van der Waals surface area contributed by atoms with Crippen LogP contribution in [0.4, 0.5) is 0 Å². The van der Waals surface area contributed by atoms with E-state index in [1.165, 1.54) is 54.6 Å². The van der Waals surface area contributed by atoms with Gasteiger partial charge in [0.25, 0.3) is 0 Å². The molecule has 3 aromatic carbocycles. The van der Waals surface area contributed by atoms with Crippen LogP contribution in [0, 0.1) is 0 Å². The van der Waals surface area contributed by atoms with Crippen LogP contribution >= 0.6 is 7.26 Å². The summed E-state index contributed by atoms with van der Waals surface area (Å²) in [6.07, 6.45) is 3.81. The summed E-state index contributed by atoms with van der Waals surface area (Å²) >= 11 is 0. The fourth-order valence-electron chi connectivity index (χ4n) is 4.76. The number of unbranched alkanes of at least 4 members (excludes halogenated alkanes) is 1. The van der Waals surface area contributed by atoms with Crippen molar-refractivity contribution in [1.29, 1.82) is 0 Å². The van der Waals surface area contributed by atoms with Gasteiger partial charge in [-0.2, -0.15) is 0 Å². The molecule has 3 heteroatoms. The number of hydrogen-bond acceptors (Lipinski definition) is 2. The Labute approximate surface area is 176 Å². The van der Waals surface area contributed by atoms with Crippen LogP contribution in [-0.2, 0) is 0 Å². The first kappa shape index (κ1) is 20.3. The van der Waals surface area contributed by atoms with Crippen molar-refractivity contribution in [3.63, 3.8) is 0 Å². The third-order valence-electron chi connectivity index (χ3n) is 6.29. The van der Waals surface area contributed by atoms with Crippen molar-refractivity contribution in [1.82, 2.24) is 10.2 Å². The molecule has 0 aromatic heterocycles. The third-order valence-corrected chi connectivity index (χ3v) is 11.3. The SMILES string of the molecule is c1ccc([PH](CCCCN2CCNCC2)(c2ccccc2)c2ccccc2)cc1. The Kier molecular flexibility index (Phi) is 7.11. The fraction of sp³-hybridized carbons (Fsp3) is 0.308. The van der Waals surface area contributed by atoms with E-state index in [1.54, 1.807) is 0 Å². The first-order chi connectivity index (χ1) is 14.4. The normalized spacial score (nSPS) is 15.9. The predicted octanol–water partition coefficient (Wildman–Crippen LogP) is 3.40. The molecule has 0 radical (unpaired) electrons. The molecule has 1 heterocycles. The van der Waals surface area contributed by atoms with Crippen LogP contribution in [0.5, 0.6) is 0 Å². The molecule has 1 fully saturated rings. The molecule has 0 saturated carbocycles. The zero-order chi connectivity index (χ0) is 19.8. The molecular weight excluding hydrogens is 371 g/mol. The molecule has 1 aliphatic heterocycles. The molecule has 1 aliphatic rings. The first-order valence-electron chi connectivity index (χ1n) is 11.0. The molecule has 29 heavy (non-hydrogen) atoms. The Morgan fingerprint density at radius 1 is 0.621 bits per heavy atom. The van der Waals surface area contributed by atoms with E-state index in [0.717, 1.165) is 13.1 Å². The van der Waals surface area contributed by atoms with Crippen LogP contribution in [0.2, 0.25) is 0 Å². The van der Waals surface area contributed by atoms with Crippen molar-refractivity contribution in [2.24, 2.45) is 0 Å². The average Bonchev–Trinajstić information content (AvgIpc) is 2.82. The Morgan fingerprint density at radius 3 is 1.52 bits per heavy atom. The van der Waals surface area contributed by atoms with E-state index in [1.807, 2.05) is 0 Å². The summed E-state index contributed by atoms with van der Waals surface area (Å²) < 4.78 is 0. The molecule has 4 rings (SSSR count). The second-order valence-electron chi connectivity index (χ2n) is 8.05. The number of nitrogens with one attached hydrogen (secondary N) is 1. The molecule has 1 saturated heterocycles. The van der Waals surface area contributed by atoms with Crippen LogP contribution in [-0.4, -0.2) is 43.8 Å². The van der Waals surface area contributed by atoms with E-state index in [-0.39, 0.29) is 0 Å². The third kappa shape index (κ3) is 4.78. The van der Waals surface area contributed by atoms with Crippen LogP contribution < -0.4 is 21.2 Å². The standard InChI is InChI=1S/C26H33N2P/c1-4-12-24(13-5-1)29(25-14-6-2-7-15-25,26-16-8-3-9-17-26)23-11-10-20-28-21-18-27-19-22-28/h1-9,12-17,27,29H,10-11,18-23H2. The van der Waals surface area contributed by atoms with Crippen molar-refractivity contribution in [2.45, 2.75) is 12.8 Å². The summed E-state index contributed by atoms with van der Waals surface area (Å²) in [5.41, 5.74) is 0. The Bertz CT molecular complexity index is 749. The van der Waals surface area contributed by atoms with Gasteiger partial charge in [0.2, 0.25) is 0 Å². The minimum atomic E-state index is -2.04. The van der Waals surface area contributed by atoms with Gasteiger partial charge in [-0.25, -0.2) is 0 Å². The predicted molar refractivity (Wildman–Crippen MR) is 130 cm³/mol. The summed E-state index contributed by atoms with van der Waals surface area (Å²) in [6.45, 7) is 5.88. The quantitative estimate of drug-likeness (QED) is 0.457. The van der Waals surface area contributed by atoms with Crippen LogP contribution in [0.1, 0.15) is 12.8 Å². The Balaban J connectivity index is 1.64. The zero-order valence-corrected chi connectivity index (χ0v) is 18.3. The van der Waals surface area contributed by atoms with Crippen LogP contribution in [0.3, 0.4) is 0 Å². The summed E-state index contributed by atoms with van der Waals surface area (Å²) in [5.74, 6) is 0. The number of benzene rings is 3. The van der Waals surface area contributed by atoms with Crippen molar-refractivity contribution in [3.05, 3.63) is 91.0 Å². The molecule has 3 aromatic rings. The maximum atomic E-state index is 3.46. The first-order valence-corrected chi connectivity index (χ1v) is 13.2. The van der Waals surface area contributed by atoms with E-state index >= 15 is 0 Å². The summed E-state index contributed by atoms with van der Waals surface area (Å²) in [5, 5.41) is 8.04. The second-order valence-corrected chi connectivity index (χ2v) is 12.1. The molecule has 0 spiro atoms. The minimum absolute atomic E-state index is 1.14. The molecule has 0 amide bonds. The molecule has 0 atom stereocenters. The van der Waals surface area contributed by atoms with Crippen molar-refractivity contribution < 1.29 is 0 Å². The van der Waals surface area contributed by atoms with Gasteiger partial charge in [0, 0.05) is 0 Å². The molecule has 1 N–H and O–H groups in total. The number of hydrogen-bond donors (Lipinski definition) is 1. The van der Waals surface area contributed by atoms with Gasteiger partial charge in [0.1, 0.15) is 0 Å². The van der Waals surface area contributed by atoms with Crippen LogP contribution in [0.25, 0.3) is 0 Å². The molecule has 0 aliphatic carbocycles. The average molecular weight is 405 g/mol. The van der Waals surface area contributed by atoms with Gasteiger partial charge >= 0.3 is 176 Å². The second kappa shape index (κ2) is 10.2. The summed E-state index contributed by atoms with van der Waals surface area (Å²) in [7, 11) is -2.04. The van der Waals surface area contributed by atoms with Gasteiger partial charge in [-0.3, -0.25) is 0 Å². The van der Waals surface area contributed by atoms with Gasteiger partial charge in [-0.15, -0.1) is 0 Å². The van der Waals surface area contributed by atoms with E-state index in [0.29, 0.717) is 0 Å². The Morgan fingerprint density at radius 2 is 1.07 bits per heavy atom. The molecule has 2 nitrogen and oxygen atoms in total. The van der Waals surface area contributed by atoms with Gasteiger partial charge in [0.15, 0.2) is 0 Å². The molecule has 152 valence electrons. The number of rotatable bonds is 8.